The largest absolute Gasteiger partial charge is 0.356 e. The van der Waals surface area contributed by atoms with Crippen LogP contribution in [0.3, 0.4) is 0 Å². The van der Waals surface area contributed by atoms with Crippen molar-refractivity contribution < 1.29 is 0 Å². The lowest BCUT2D eigenvalue weighted by Crippen LogP contribution is -2.27. The van der Waals surface area contributed by atoms with Crippen LogP contribution in [0.1, 0.15) is 56.4 Å². The van der Waals surface area contributed by atoms with Crippen molar-refractivity contribution >= 4 is 5.82 Å². The summed E-state index contributed by atoms with van der Waals surface area (Å²) in [5.41, 5.74) is 3.30. The quantitative estimate of drug-likeness (QED) is 0.830. The van der Waals surface area contributed by atoms with E-state index in [0.717, 1.165) is 49.1 Å². The standard InChI is InChI=1S/C18H25N3/c1-13(2)14-6-4-9-21(10-8-14)18-16(12-19)11-15-5-3-7-17(15)20-18/h11,13-14H,3-10H2,1-2H3. The summed E-state index contributed by atoms with van der Waals surface area (Å²) < 4.78 is 0. The lowest BCUT2D eigenvalue weighted by molar-refractivity contribution is 0.351. The maximum Gasteiger partial charge on any atom is 0.146 e. The first-order chi connectivity index (χ1) is 10.2. The van der Waals surface area contributed by atoms with Crippen LogP contribution in [-0.2, 0) is 12.8 Å². The molecular formula is C18H25N3. The summed E-state index contributed by atoms with van der Waals surface area (Å²) in [6, 6.07) is 4.47. The number of fused-ring (bicyclic) bond motifs is 1. The van der Waals surface area contributed by atoms with Crippen LogP contribution < -0.4 is 4.90 Å². The Labute approximate surface area is 128 Å². The number of aryl methyl sites for hydroxylation is 2. The van der Waals surface area contributed by atoms with Gasteiger partial charge in [-0.2, -0.15) is 5.26 Å². The summed E-state index contributed by atoms with van der Waals surface area (Å²) >= 11 is 0. The molecule has 0 saturated carbocycles. The average Bonchev–Trinajstić information content (AvgIpc) is 2.79. The minimum absolute atomic E-state index is 0.758. The van der Waals surface area contributed by atoms with Crippen molar-refractivity contribution in [1.29, 1.82) is 5.26 Å². The van der Waals surface area contributed by atoms with Crippen molar-refractivity contribution in [2.75, 3.05) is 18.0 Å². The minimum atomic E-state index is 0.758. The fourth-order valence-electron chi connectivity index (χ4n) is 3.79. The highest BCUT2D eigenvalue weighted by Gasteiger charge is 2.24. The van der Waals surface area contributed by atoms with E-state index in [1.165, 1.54) is 36.9 Å². The molecule has 0 spiro atoms. The Morgan fingerprint density at radius 2 is 2.10 bits per heavy atom. The van der Waals surface area contributed by atoms with E-state index in [9.17, 15) is 5.26 Å². The van der Waals surface area contributed by atoms with Gasteiger partial charge in [-0.1, -0.05) is 13.8 Å². The molecule has 3 heteroatoms. The topological polar surface area (TPSA) is 39.9 Å². The highest BCUT2D eigenvalue weighted by atomic mass is 15.2. The van der Waals surface area contributed by atoms with Crippen LogP contribution in [-0.4, -0.2) is 18.1 Å². The number of anilines is 1. The number of nitriles is 1. The Morgan fingerprint density at radius 3 is 2.86 bits per heavy atom. The fraction of sp³-hybridized carbons (Fsp3) is 0.667. The average molecular weight is 283 g/mol. The van der Waals surface area contributed by atoms with Gasteiger partial charge in [0, 0.05) is 18.8 Å². The molecule has 2 heterocycles. The van der Waals surface area contributed by atoms with Gasteiger partial charge in [0.1, 0.15) is 11.9 Å². The van der Waals surface area contributed by atoms with E-state index in [4.69, 9.17) is 4.98 Å². The lowest BCUT2D eigenvalue weighted by atomic mass is 9.89. The molecular weight excluding hydrogens is 258 g/mol. The predicted molar refractivity (Wildman–Crippen MR) is 85.4 cm³/mol. The molecule has 1 atom stereocenters. The van der Waals surface area contributed by atoms with Crippen LogP contribution in [0.2, 0.25) is 0 Å². The molecule has 0 radical (unpaired) electrons. The van der Waals surface area contributed by atoms with Gasteiger partial charge in [-0.05, 0) is 62.0 Å². The second kappa shape index (κ2) is 6.05. The lowest BCUT2D eigenvalue weighted by Gasteiger charge is -2.24. The summed E-state index contributed by atoms with van der Waals surface area (Å²) in [6.07, 6.45) is 7.10. The van der Waals surface area contributed by atoms with E-state index < -0.39 is 0 Å². The molecule has 1 aliphatic carbocycles. The van der Waals surface area contributed by atoms with E-state index in [0.29, 0.717) is 0 Å². The van der Waals surface area contributed by atoms with Gasteiger partial charge in [-0.3, -0.25) is 0 Å². The smallest absolute Gasteiger partial charge is 0.146 e. The van der Waals surface area contributed by atoms with Crippen molar-refractivity contribution in [2.45, 2.75) is 52.4 Å². The zero-order valence-corrected chi connectivity index (χ0v) is 13.2. The Balaban J connectivity index is 1.85. The van der Waals surface area contributed by atoms with Crippen LogP contribution in [0.15, 0.2) is 6.07 Å². The number of hydrogen-bond donors (Lipinski definition) is 0. The van der Waals surface area contributed by atoms with E-state index >= 15 is 0 Å². The van der Waals surface area contributed by atoms with Crippen molar-refractivity contribution in [3.63, 3.8) is 0 Å². The number of rotatable bonds is 2. The SMILES string of the molecule is CC(C)C1CCCN(c2nc3c(cc2C#N)CCC3)CC1. The molecule has 21 heavy (non-hydrogen) atoms. The van der Waals surface area contributed by atoms with Crippen LogP contribution in [0, 0.1) is 23.2 Å². The molecule has 2 aliphatic rings. The zero-order chi connectivity index (χ0) is 14.8. The van der Waals surface area contributed by atoms with Gasteiger partial charge in [-0.15, -0.1) is 0 Å². The van der Waals surface area contributed by atoms with Gasteiger partial charge in [-0.25, -0.2) is 4.98 Å². The Morgan fingerprint density at radius 1 is 1.24 bits per heavy atom. The molecule has 0 bridgehead atoms. The molecule has 1 aliphatic heterocycles. The second-order valence-corrected chi connectivity index (χ2v) is 6.85. The molecule has 0 N–H and O–H groups in total. The monoisotopic (exact) mass is 283 g/mol. The third-order valence-electron chi connectivity index (χ3n) is 5.17. The van der Waals surface area contributed by atoms with E-state index in [2.05, 4.69) is 30.9 Å². The first-order valence-corrected chi connectivity index (χ1v) is 8.37. The van der Waals surface area contributed by atoms with Crippen LogP contribution in [0.5, 0.6) is 0 Å². The maximum atomic E-state index is 9.47. The van der Waals surface area contributed by atoms with E-state index in [1.807, 2.05) is 0 Å². The summed E-state index contributed by atoms with van der Waals surface area (Å²) in [7, 11) is 0. The number of nitrogens with zero attached hydrogens (tertiary/aromatic N) is 3. The minimum Gasteiger partial charge on any atom is -0.356 e. The van der Waals surface area contributed by atoms with Crippen molar-refractivity contribution in [1.82, 2.24) is 4.98 Å². The zero-order valence-electron chi connectivity index (χ0n) is 13.2. The van der Waals surface area contributed by atoms with Gasteiger partial charge < -0.3 is 4.90 Å². The normalized spacial score (nSPS) is 22.0. The molecule has 0 aromatic carbocycles. The number of pyridine rings is 1. The molecule has 3 rings (SSSR count). The van der Waals surface area contributed by atoms with Crippen molar-refractivity contribution in [3.8, 4) is 6.07 Å². The summed E-state index contributed by atoms with van der Waals surface area (Å²) in [5.74, 6) is 2.52. The molecule has 1 aromatic rings. The van der Waals surface area contributed by atoms with Crippen LogP contribution in [0.4, 0.5) is 5.82 Å². The third-order valence-corrected chi connectivity index (χ3v) is 5.17. The molecule has 1 unspecified atom stereocenters. The van der Waals surface area contributed by atoms with Crippen molar-refractivity contribution in [3.05, 3.63) is 22.9 Å². The van der Waals surface area contributed by atoms with Gasteiger partial charge in [0.05, 0.1) is 5.56 Å². The Kier molecular flexibility index (Phi) is 4.14. The third kappa shape index (κ3) is 2.90. The molecule has 1 fully saturated rings. The highest BCUT2D eigenvalue weighted by Crippen LogP contribution is 2.30. The predicted octanol–water partition coefficient (Wildman–Crippen LogP) is 3.70. The Hall–Kier alpha value is -1.56. The molecule has 3 nitrogen and oxygen atoms in total. The number of aromatic nitrogens is 1. The van der Waals surface area contributed by atoms with E-state index in [1.54, 1.807) is 0 Å². The first kappa shape index (κ1) is 14.4. The van der Waals surface area contributed by atoms with E-state index in [-0.39, 0.29) is 0 Å². The maximum absolute atomic E-state index is 9.47. The van der Waals surface area contributed by atoms with Gasteiger partial charge in [0.15, 0.2) is 0 Å². The summed E-state index contributed by atoms with van der Waals surface area (Å²) in [5, 5.41) is 9.47. The van der Waals surface area contributed by atoms with Crippen LogP contribution >= 0.6 is 0 Å². The summed E-state index contributed by atoms with van der Waals surface area (Å²) in [6.45, 7) is 6.75. The van der Waals surface area contributed by atoms with Crippen LogP contribution in [0.25, 0.3) is 0 Å². The summed E-state index contributed by atoms with van der Waals surface area (Å²) in [4.78, 5) is 7.22. The first-order valence-electron chi connectivity index (χ1n) is 8.37. The number of hydrogen-bond acceptors (Lipinski definition) is 3. The second-order valence-electron chi connectivity index (χ2n) is 6.85. The molecule has 112 valence electrons. The molecule has 1 aromatic heterocycles. The fourth-order valence-corrected chi connectivity index (χ4v) is 3.79. The van der Waals surface area contributed by atoms with Gasteiger partial charge in [0.2, 0.25) is 0 Å². The highest BCUT2D eigenvalue weighted by molar-refractivity contribution is 5.56. The molecule has 1 saturated heterocycles. The Bertz CT molecular complexity index is 556. The van der Waals surface area contributed by atoms with Gasteiger partial charge >= 0.3 is 0 Å². The van der Waals surface area contributed by atoms with Crippen molar-refractivity contribution in [2.24, 2.45) is 11.8 Å². The van der Waals surface area contributed by atoms with Gasteiger partial charge in [0.25, 0.3) is 0 Å². The molecule has 0 amide bonds.